The van der Waals surface area contributed by atoms with Crippen molar-refractivity contribution in [3.63, 3.8) is 0 Å². The Bertz CT molecular complexity index is 227. The van der Waals surface area contributed by atoms with E-state index in [0.717, 1.165) is 19.1 Å². The molecule has 112 valence electrons. The molecule has 0 radical (unpaired) electrons. The number of oxime groups is 1. The van der Waals surface area contributed by atoms with Gasteiger partial charge in [-0.2, -0.15) is 0 Å². The standard InChI is InChI=1S/C16H31NO2/c1-2-3-4-5-6-7-8-9-10-11-12-13-14-16(18)15-17-19/h15,19H,2-14H2,1H3. The molecule has 0 aliphatic rings. The molecule has 0 amide bonds. The second-order valence-corrected chi connectivity index (χ2v) is 5.35. The summed E-state index contributed by atoms with van der Waals surface area (Å²) < 4.78 is 0. The fraction of sp³-hybridized carbons (Fsp3) is 0.875. The lowest BCUT2D eigenvalue weighted by Crippen LogP contribution is -1.98. The summed E-state index contributed by atoms with van der Waals surface area (Å²) in [5.74, 6) is -0.0745. The van der Waals surface area contributed by atoms with Gasteiger partial charge in [0.2, 0.25) is 0 Å². The predicted molar refractivity (Wildman–Crippen MR) is 81.0 cm³/mol. The summed E-state index contributed by atoms with van der Waals surface area (Å²) in [6.07, 6.45) is 17.1. The van der Waals surface area contributed by atoms with Gasteiger partial charge in [0.1, 0.15) is 6.21 Å². The van der Waals surface area contributed by atoms with Gasteiger partial charge >= 0.3 is 0 Å². The lowest BCUT2D eigenvalue weighted by molar-refractivity contribution is -0.112. The van der Waals surface area contributed by atoms with Crippen LogP contribution in [0.5, 0.6) is 0 Å². The maximum atomic E-state index is 11.0. The Hall–Kier alpha value is -0.860. The maximum Gasteiger partial charge on any atom is 0.177 e. The third kappa shape index (κ3) is 15.1. The van der Waals surface area contributed by atoms with Crippen LogP contribution in [0.3, 0.4) is 0 Å². The van der Waals surface area contributed by atoms with Gasteiger partial charge in [-0.1, -0.05) is 82.7 Å². The van der Waals surface area contributed by atoms with Crippen LogP contribution in [0.15, 0.2) is 5.16 Å². The molecule has 0 rings (SSSR count). The summed E-state index contributed by atoms with van der Waals surface area (Å²) in [6, 6.07) is 0. The van der Waals surface area contributed by atoms with Crippen molar-refractivity contribution in [3.8, 4) is 0 Å². The van der Waals surface area contributed by atoms with Crippen molar-refractivity contribution in [2.45, 2.75) is 90.4 Å². The van der Waals surface area contributed by atoms with Crippen molar-refractivity contribution in [2.24, 2.45) is 5.16 Å². The molecule has 3 nitrogen and oxygen atoms in total. The Labute approximate surface area is 118 Å². The molecule has 0 heterocycles. The number of nitrogens with zero attached hydrogens (tertiary/aromatic N) is 1. The summed E-state index contributed by atoms with van der Waals surface area (Å²) in [7, 11) is 0. The Balaban J connectivity index is 3.05. The van der Waals surface area contributed by atoms with E-state index in [4.69, 9.17) is 5.21 Å². The molecule has 0 saturated heterocycles. The number of rotatable bonds is 14. The van der Waals surface area contributed by atoms with Gasteiger partial charge < -0.3 is 5.21 Å². The van der Waals surface area contributed by atoms with Crippen molar-refractivity contribution < 1.29 is 10.0 Å². The normalized spacial score (nSPS) is 11.2. The van der Waals surface area contributed by atoms with Crippen LogP contribution in [0.1, 0.15) is 90.4 Å². The summed E-state index contributed by atoms with van der Waals surface area (Å²) in [5, 5.41) is 10.9. The Kier molecular flexibility index (Phi) is 14.5. The van der Waals surface area contributed by atoms with E-state index in [1.165, 1.54) is 64.2 Å². The van der Waals surface area contributed by atoms with E-state index in [0.29, 0.717) is 6.42 Å². The molecule has 0 aliphatic carbocycles. The smallest absolute Gasteiger partial charge is 0.177 e. The molecule has 0 bridgehead atoms. The van der Waals surface area contributed by atoms with E-state index >= 15 is 0 Å². The number of unbranched alkanes of at least 4 members (excludes halogenated alkanes) is 11. The number of ketones is 1. The van der Waals surface area contributed by atoms with Gasteiger partial charge in [-0.05, 0) is 6.42 Å². The average Bonchev–Trinajstić information content (AvgIpc) is 2.40. The Morgan fingerprint density at radius 1 is 0.842 bits per heavy atom. The molecule has 3 heteroatoms. The van der Waals surface area contributed by atoms with Crippen LogP contribution in [-0.2, 0) is 4.79 Å². The minimum Gasteiger partial charge on any atom is -0.411 e. The highest BCUT2D eigenvalue weighted by molar-refractivity contribution is 6.27. The molecule has 0 fully saturated rings. The summed E-state index contributed by atoms with van der Waals surface area (Å²) in [4.78, 5) is 11.0. The first-order chi connectivity index (χ1) is 9.31. The van der Waals surface area contributed by atoms with Crippen LogP contribution in [0.4, 0.5) is 0 Å². The zero-order chi connectivity index (χ0) is 14.2. The highest BCUT2D eigenvalue weighted by atomic mass is 16.4. The molecule has 0 aromatic heterocycles. The van der Waals surface area contributed by atoms with E-state index in [2.05, 4.69) is 12.1 Å². The summed E-state index contributed by atoms with van der Waals surface area (Å²) >= 11 is 0. The van der Waals surface area contributed by atoms with Crippen molar-refractivity contribution in [2.75, 3.05) is 0 Å². The molecule has 0 unspecified atom stereocenters. The number of hydrogen-bond acceptors (Lipinski definition) is 3. The first-order valence-electron chi connectivity index (χ1n) is 8.01. The average molecular weight is 269 g/mol. The topological polar surface area (TPSA) is 49.7 Å². The van der Waals surface area contributed by atoms with Crippen LogP contribution in [0.2, 0.25) is 0 Å². The lowest BCUT2D eigenvalue weighted by atomic mass is 10.0. The van der Waals surface area contributed by atoms with E-state index in [1.54, 1.807) is 0 Å². The van der Waals surface area contributed by atoms with E-state index in [1.807, 2.05) is 0 Å². The fourth-order valence-corrected chi connectivity index (χ4v) is 2.27. The molecular formula is C16H31NO2. The first kappa shape index (κ1) is 18.1. The fourth-order valence-electron chi connectivity index (χ4n) is 2.27. The van der Waals surface area contributed by atoms with Gasteiger partial charge in [-0.15, -0.1) is 0 Å². The SMILES string of the molecule is CCCCCCCCCCCCCCC(=O)C=NO. The quantitative estimate of drug-likeness (QED) is 0.206. The monoisotopic (exact) mass is 269 g/mol. The summed E-state index contributed by atoms with van der Waals surface area (Å²) in [5.41, 5.74) is 0. The molecule has 0 aliphatic heterocycles. The minimum atomic E-state index is -0.0745. The highest BCUT2D eigenvalue weighted by Crippen LogP contribution is 2.12. The Morgan fingerprint density at radius 3 is 1.68 bits per heavy atom. The van der Waals surface area contributed by atoms with E-state index < -0.39 is 0 Å². The van der Waals surface area contributed by atoms with Crippen LogP contribution in [-0.4, -0.2) is 17.2 Å². The Morgan fingerprint density at radius 2 is 1.26 bits per heavy atom. The number of Topliss-reactive ketones (excluding diaryl/α,β-unsaturated/α-hetero) is 1. The highest BCUT2D eigenvalue weighted by Gasteiger charge is 1.98. The molecule has 0 aromatic rings. The van der Waals surface area contributed by atoms with Crippen LogP contribution < -0.4 is 0 Å². The predicted octanol–water partition coefficient (Wildman–Crippen LogP) is 5.11. The van der Waals surface area contributed by atoms with E-state index in [-0.39, 0.29) is 5.78 Å². The molecule has 0 aromatic carbocycles. The maximum absolute atomic E-state index is 11.0. The second-order valence-electron chi connectivity index (χ2n) is 5.35. The molecule has 0 saturated carbocycles. The molecular weight excluding hydrogens is 238 g/mol. The van der Waals surface area contributed by atoms with Crippen molar-refractivity contribution in [1.82, 2.24) is 0 Å². The first-order valence-corrected chi connectivity index (χ1v) is 8.01. The van der Waals surface area contributed by atoms with Crippen molar-refractivity contribution in [1.29, 1.82) is 0 Å². The van der Waals surface area contributed by atoms with E-state index in [9.17, 15) is 4.79 Å². The van der Waals surface area contributed by atoms with Gasteiger partial charge in [-0.25, -0.2) is 0 Å². The third-order valence-electron chi connectivity index (χ3n) is 3.48. The number of carbonyl (C=O) groups is 1. The number of hydrogen-bond donors (Lipinski definition) is 1. The van der Waals surface area contributed by atoms with Gasteiger partial charge in [0.25, 0.3) is 0 Å². The van der Waals surface area contributed by atoms with Gasteiger partial charge in [0.05, 0.1) is 0 Å². The van der Waals surface area contributed by atoms with Gasteiger partial charge in [-0.3, -0.25) is 4.79 Å². The summed E-state index contributed by atoms with van der Waals surface area (Å²) in [6.45, 7) is 2.25. The molecule has 0 atom stereocenters. The van der Waals surface area contributed by atoms with Gasteiger partial charge in [0, 0.05) is 6.42 Å². The van der Waals surface area contributed by atoms with Gasteiger partial charge in [0.15, 0.2) is 5.78 Å². The van der Waals surface area contributed by atoms with Crippen molar-refractivity contribution >= 4 is 12.0 Å². The third-order valence-corrected chi connectivity index (χ3v) is 3.48. The van der Waals surface area contributed by atoms with Crippen LogP contribution in [0, 0.1) is 0 Å². The van der Waals surface area contributed by atoms with Crippen LogP contribution in [0.25, 0.3) is 0 Å². The molecule has 0 spiro atoms. The van der Waals surface area contributed by atoms with Crippen LogP contribution >= 0.6 is 0 Å². The zero-order valence-electron chi connectivity index (χ0n) is 12.6. The molecule has 1 N–H and O–H groups in total. The number of carbonyl (C=O) groups excluding carboxylic acids is 1. The largest absolute Gasteiger partial charge is 0.411 e. The zero-order valence-corrected chi connectivity index (χ0v) is 12.6. The molecule has 19 heavy (non-hydrogen) atoms. The lowest BCUT2D eigenvalue weighted by Gasteiger charge is -2.02. The minimum absolute atomic E-state index is 0.0745. The second kappa shape index (κ2) is 15.2. The van der Waals surface area contributed by atoms with Crippen molar-refractivity contribution in [3.05, 3.63) is 0 Å².